The number of ketones is 1. The molecule has 0 radical (unpaired) electrons. The van der Waals surface area contributed by atoms with Crippen LogP contribution in [0.4, 0.5) is 11.4 Å². The highest BCUT2D eigenvalue weighted by Crippen LogP contribution is 2.18. The Bertz CT molecular complexity index is 544. The van der Waals surface area contributed by atoms with Crippen LogP contribution in [0, 0.1) is 0 Å². The van der Waals surface area contributed by atoms with Gasteiger partial charge in [0.1, 0.15) is 5.78 Å². The molecule has 0 aliphatic carbocycles. The lowest BCUT2D eigenvalue weighted by molar-refractivity contribution is -0.116. The molecule has 2 rings (SSSR count). The van der Waals surface area contributed by atoms with E-state index >= 15 is 0 Å². The molecule has 0 N–H and O–H groups in total. The van der Waals surface area contributed by atoms with E-state index in [1.165, 1.54) is 0 Å². The Labute approximate surface area is 106 Å². The van der Waals surface area contributed by atoms with Crippen LogP contribution in [0.1, 0.15) is 12.5 Å². The van der Waals surface area contributed by atoms with E-state index in [1.807, 2.05) is 54.6 Å². The first kappa shape index (κ1) is 12.2. The second-order valence-electron chi connectivity index (χ2n) is 4.08. The molecule has 0 saturated heterocycles. The number of hydrogen-bond acceptors (Lipinski definition) is 3. The van der Waals surface area contributed by atoms with Gasteiger partial charge in [-0.25, -0.2) is 0 Å². The molecule has 0 unspecified atom stereocenters. The monoisotopic (exact) mass is 238 g/mol. The molecule has 0 fully saturated rings. The predicted octanol–water partition coefficient (Wildman–Crippen LogP) is 4.23. The van der Waals surface area contributed by atoms with Crippen molar-refractivity contribution in [2.24, 2.45) is 10.2 Å². The van der Waals surface area contributed by atoms with E-state index in [0.29, 0.717) is 6.42 Å². The molecule has 0 aliphatic heterocycles. The minimum absolute atomic E-state index is 0.161. The van der Waals surface area contributed by atoms with E-state index in [2.05, 4.69) is 10.2 Å². The average Bonchev–Trinajstić information content (AvgIpc) is 2.38. The van der Waals surface area contributed by atoms with Crippen LogP contribution >= 0.6 is 0 Å². The lowest BCUT2D eigenvalue weighted by Gasteiger charge is -1.97. The van der Waals surface area contributed by atoms with E-state index < -0.39 is 0 Å². The molecule has 0 heterocycles. The molecule has 0 amide bonds. The van der Waals surface area contributed by atoms with Crippen LogP contribution in [0.5, 0.6) is 0 Å². The Balaban J connectivity index is 2.06. The summed E-state index contributed by atoms with van der Waals surface area (Å²) in [6, 6.07) is 17.1. The summed E-state index contributed by atoms with van der Waals surface area (Å²) in [5.41, 5.74) is 2.61. The van der Waals surface area contributed by atoms with Crippen LogP contribution < -0.4 is 0 Å². The standard InChI is InChI=1S/C15H14N2O/c1-12(18)11-13-7-9-15(10-8-13)17-16-14-5-3-2-4-6-14/h2-10H,11H2,1H3/b17-16+. The Morgan fingerprint density at radius 3 is 2.00 bits per heavy atom. The van der Waals surface area contributed by atoms with Gasteiger partial charge in [-0.05, 0) is 36.8 Å². The Hall–Kier alpha value is -2.29. The van der Waals surface area contributed by atoms with Crippen LogP contribution in [0.15, 0.2) is 64.8 Å². The van der Waals surface area contributed by atoms with Crippen molar-refractivity contribution >= 4 is 17.2 Å². The molecule has 18 heavy (non-hydrogen) atoms. The van der Waals surface area contributed by atoms with Crippen molar-refractivity contribution in [3.8, 4) is 0 Å². The topological polar surface area (TPSA) is 41.8 Å². The van der Waals surface area contributed by atoms with Gasteiger partial charge in [-0.15, -0.1) is 0 Å². The highest BCUT2D eigenvalue weighted by Gasteiger charge is 1.97. The van der Waals surface area contributed by atoms with Gasteiger partial charge in [-0.3, -0.25) is 4.79 Å². The second kappa shape index (κ2) is 5.87. The molecular weight excluding hydrogens is 224 g/mol. The number of benzene rings is 2. The quantitative estimate of drug-likeness (QED) is 0.735. The molecular formula is C15H14N2O. The highest BCUT2D eigenvalue weighted by atomic mass is 16.1. The summed E-state index contributed by atoms with van der Waals surface area (Å²) in [7, 11) is 0. The van der Waals surface area contributed by atoms with Gasteiger partial charge in [0.05, 0.1) is 11.4 Å². The van der Waals surface area contributed by atoms with Gasteiger partial charge in [0, 0.05) is 6.42 Å². The number of hydrogen-bond donors (Lipinski definition) is 0. The molecule has 0 spiro atoms. The van der Waals surface area contributed by atoms with E-state index in [9.17, 15) is 4.79 Å². The predicted molar refractivity (Wildman–Crippen MR) is 71.4 cm³/mol. The van der Waals surface area contributed by atoms with Crippen LogP contribution in [0.3, 0.4) is 0 Å². The number of Topliss-reactive ketones (excluding diaryl/α,β-unsaturated/α-hetero) is 1. The van der Waals surface area contributed by atoms with Crippen molar-refractivity contribution in [2.75, 3.05) is 0 Å². The lowest BCUT2D eigenvalue weighted by Crippen LogP contribution is -1.94. The molecule has 90 valence electrons. The van der Waals surface area contributed by atoms with Crippen molar-refractivity contribution in [3.05, 3.63) is 60.2 Å². The number of nitrogens with zero attached hydrogens (tertiary/aromatic N) is 2. The van der Waals surface area contributed by atoms with Crippen molar-refractivity contribution in [1.82, 2.24) is 0 Å². The molecule has 0 aliphatic rings. The summed E-state index contributed by atoms with van der Waals surface area (Å²) >= 11 is 0. The zero-order valence-corrected chi connectivity index (χ0v) is 10.2. The summed E-state index contributed by atoms with van der Waals surface area (Å²) in [6.07, 6.45) is 0.468. The third-order valence-electron chi connectivity index (χ3n) is 2.43. The number of azo groups is 1. The van der Waals surface area contributed by atoms with Gasteiger partial charge in [0.15, 0.2) is 0 Å². The van der Waals surface area contributed by atoms with E-state index in [1.54, 1.807) is 6.92 Å². The largest absolute Gasteiger partial charge is 0.300 e. The summed E-state index contributed by atoms with van der Waals surface area (Å²) in [5.74, 6) is 0.161. The number of carbonyl (C=O) groups is 1. The molecule has 2 aromatic carbocycles. The van der Waals surface area contributed by atoms with E-state index in [4.69, 9.17) is 0 Å². The first-order chi connectivity index (χ1) is 8.74. The van der Waals surface area contributed by atoms with Crippen LogP contribution in [-0.2, 0) is 11.2 Å². The van der Waals surface area contributed by atoms with Gasteiger partial charge in [0.25, 0.3) is 0 Å². The molecule has 0 atom stereocenters. The third-order valence-corrected chi connectivity index (χ3v) is 2.43. The number of carbonyl (C=O) groups excluding carboxylic acids is 1. The number of rotatable bonds is 4. The van der Waals surface area contributed by atoms with E-state index in [-0.39, 0.29) is 5.78 Å². The fraction of sp³-hybridized carbons (Fsp3) is 0.133. The molecule has 2 aromatic rings. The second-order valence-corrected chi connectivity index (χ2v) is 4.08. The van der Waals surface area contributed by atoms with Crippen LogP contribution in [-0.4, -0.2) is 5.78 Å². The average molecular weight is 238 g/mol. The lowest BCUT2D eigenvalue weighted by atomic mass is 10.1. The summed E-state index contributed by atoms with van der Waals surface area (Å²) in [6.45, 7) is 1.59. The van der Waals surface area contributed by atoms with Crippen molar-refractivity contribution in [1.29, 1.82) is 0 Å². The van der Waals surface area contributed by atoms with E-state index in [0.717, 1.165) is 16.9 Å². The summed E-state index contributed by atoms with van der Waals surface area (Å²) in [4.78, 5) is 11.0. The Morgan fingerprint density at radius 1 is 0.889 bits per heavy atom. The Kier molecular flexibility index (Phi) is 3.97. The van der Waals surface area contributed by atoms with Gasteiger partial charge in [-0.2, -0.15) is 10.2 Å². The van der Waals surface area contributed by atoms with Gasteiger partial charge in [0.2, 0.25) is 0 Å². The summed E-state index contributed by atoms with van der Waals surface area (Å²) < 4.78 is 0. The fourth-order valence-corrected chi connectivity index (χ4v) is 1.58. The van der Waals surface area contributed by atoms with Crippen molar-refractivity contribution in [2.45, 2.75) is 13.3 Å². The molecule has 0 saturated carbocycles. The maximum Gasteiger partial charge on any atom is 0.134 e. The first-order valence-corrected chi connectivity index (χ1v) is 5.79. The van der Waals surface area contributed by atoms with Crippen molar-refractivity contribution < 1.29 is 4.79 Å². The third kappa shape index (κ3) is 3.63. The zero-order valence-electron chi connectivity index (χ0n) is 10.2. The normalized spacial score (nSPS) is 10.7. The van der Waals surface area contributed by atoms with Crippen LogP contribution in [0.2, 0.25) is 0 Å². The first-order valence-electron chi connectivity index (χ1n) is 5.79. The zero-order chi connectivity index (χ0) is 12.8. The van der Waals surface area contributed by atoms with Gasteiger partial charge >= 0.3 is 0 Å². The highest BCUT2D eigenvalue weighted by molar-refractivity contribution is 5.78. The molecule has 0 aromatic heterocycles. The summed E-state index contributed by atoms with van der Waals surface area (Å²) in [5, 5.41) is 8.26. The fourth-order valence-electron chi connectivity index (χ4n) is 1.58. The minimum atomic E-state index is 0.161. The molecule has 0 bridgehead atoms. The van der Waals surface area contributed by atoms with Gasteiger partial charge < -0.3 is 0 Å². The smallest absolute Gasteiger partial charge is 0.134 e. The SMILES string of the molecule is CC(=O)Cc1ccc(/N=N/c2ccccc2)cc1. The maximum atomic E-state index is 11.0. The maximum absolute atomic E-state index is 11.0. The molecule has 3 heteroatoms. The minimum Gasteiger partial charge on any atom is -0.300 e. The molecule has 3 nitrogen and oxygen atoms in total. The van der Waals surface area contributed by atoms with Crippen LogP contribution in [0.25, 0.3) is 0 Å². The van der Waals surface area contributed by atoms with Crippen molar-refractivity contribution in [3.63, 3.8) is 0 Å². The van der Waals surface area contributed by atoms with Gasteiger partial charge in [-0.1, -0.05) is 30.3 Å². The Morgan fingerprint density at radius 2 is 1.44 bits per heavy atom.